The minimum atomic E-state index is 0.547. The first kappa shape index (κ1) is 15.9. The maximum absolute atomic E-state index is 4.55. The Morgan fingerprint density at radius 3 is 1.46 bits per heavy atom. The summed E-state index contributed by atoms with van der Waals surface area (Å²) < 4.78 is 0. The maximum Gasteiger partial charge on any atom is 0.183 e. The van der Waals surface area contributed by atoms with E-state index in [1.165, 1.54) is 0 Å². The van der Waals surface area contributed by atoms with Crippen molar-refractivity contribution in [1.82, 2.24) is 45.3 Å². The number of aromatic amines is 2. The first-order chi connectivity index (χ1) is 13.9. The van der Waals surface area contributed by atoms with Crippen LogP contribution in [0.1, 0.15) is 0 Å². The van der Waals surface area contributed by atoms with Crippen molar-refractivity contribution < 1.29 is 0 Å². The molecule has 0 atom stereocenters. The van der Waals surface area contributed by atoms with Gasteiger partial charge in [-0.2, -0.15) is 10.2 Å². The number of aromatic nitrogens is 9. The summed E-state index contributed by atoms with van der Waals surface area (Å²) in [4.78, 5) is 21.4. The van der Waals surface area contributed by atoms with Crippen LogP contribution >= 0.6 is 0 Å². The first-order valence-electron chi connectivity index (χ1n) is 8.48. The molecule has 0 aliphatic rings. The summed E-state index contributed by atoms with van der Waals surface area (Å²) in [5.74, 6) is 2.43. The maximum atomic E-state index is 4.55. The van der Waals surface area contributed by atoms with Gasteiger partial charge >= 0.3 is 0 Å². The van der Waals surface area contributed by atoms with Gasteiger partial charge in [-0.3, -0.25) is 25.1 Å². The number of pyridine rings is 3. The van der Waals surface area contributed by atoms with E-state index in [0.717, 1.165) is 22.3 Å². The smallest absolute Gasteiger partial charge is 0.183 e. The molecule has 5 aromatic heterocycles. The summed E-state index contributed by atoms with van der Waals surface area (Å²) >= 11 is 0. The van der Waals surface area contributed by atoms with Crippen molar-refractivity contribution in [2.24, 2.45) is 0 Å². The molecule has 5 heterocycles. The Labute approximate surface area is 159 Å². The Balaban J connectivity index is 1.46. The number of hydrogen-bond acceptors (Lipinski definition) is 7. The van der Waals surface area contributed by atoms with Crippen molar-refractivity contribution >= 4 is 0 Å². The van der Waals surface area contributed by atoms with Gasteiger partial charge in [0.1, 0.15) is 0 Å². The van der Waals surface area contributed by atoms with Crippen LogP contribution in [0.4, 0.5) is 0 Å². The minimum absolute atomic E-state index is 0.547. The second-order valence-corrected chi connectivity index (χ2v) is 5.95. The fourth-order valence-electron chi connectivity index (χ4n) is 2.74. The van der Waals surface area contributed by atoms with Gasteiger partial charge in [-0.25, -0.2) is 9.97 Å². The van der Waals surface area contributed by atoms with E-state index < -0.39 is 0 Å². The van der Waals surface area contributed by atoms with E-state index in [9.17, 15) is 0 Å². The van der Waals surface area contributed by atoms with Gasteiger partial charge in [0.05, 0.1) is 0 Å². The number of nitrogens with zero attached hydrogens (tertiary/aromatic N) is 7. The highest BCUT2D eigenvalue weighted by Crippen LogP contribution is 2.24. The van der Waals surface area contributed by atoms with Gasteiger partial charge in [0, 0.05) is 59.4 Å². The number of H-pyrrole nitrogens is 2. The Bertz CT molecular complexity index is 1120. The third kappa shape index (κ3) is 3.01. The highest BCUT2D eigenvalue weighted by atomic mass is 15.2. The van der Waals surface area contributed by atoms with Crippen LogP contribution in [0, 0.1) is 0 Å². The normalized spacial score (nSPS) is 10.9. The van der Waals surface area contributed by atoms with E-state index in [4.69, 9.17) is 0 Å². The summed E-state index contributed by atoms with van der Waals surface area (Å²) in [7, 11) is 0. The molecule has 5 rings (SSSR count). The lowest BCUT2D eigenvalue weighted by molar-refractivity contribution is 1.09. The lowest BCUT2D eigenvalue weighted by atomic mass is 10.2. The Morgan fingerprint density at radius 2 is 1.00 bits per heavy atom. The second kappa shape index (κ2) is 6.80. The fourth-order valence-corrected chi connectivity index (χ4v) is 2.74. The van der Waals surface area contributed by atoms with Crippen LogP contribution in [0.2, 0.25) is 0 Å². The second-order valence-electron chi connectivity index (χ2n) is 5.95. The van der Waals surface area contributed by atoms with Gasteiger partial charge in [0.15, 0.2) is 23.3 Å². The molecule has 5 aromatic rings. The summed E-state index contributed by atoms with van der Waals surface area (Å²) in [6.07, 6.45) is 10.3. The van der Waals surface area contributed by atoms with Crippen molar-refractivity contribution in [3.8, 4) is 45.6 Å². The Kier molecular flexibility index (Phi) is 3.87. The molecule has 0 fully saturated rings. The average molecular weight is 367 g/mol. The third-order valence-electron chi connectivity index (χ3n) is 4.13. The molecule has 0 bridgehead atoms. The number of rotatable bonds is 4. The van der Waals surface area contributed by atoms with Crippen molar-refractivity contribution in [3.05, 3.63) is 67.5 Å². The Hall–Kier alpha value is -4.27. The standard InChI is InChI=1S/C19H13N9/c1-5-20-6-2-12(1)16-23-18(27-25-16)14-9-15(11-22-10-14)19-24-17(26-28-19)13-3-7-21-8-4-13/h1-11H,(H,23,25,27)(H,24,26,28). The van der Waals surface area contributed by atoms with Crippen LogP contribution in [0.15, 0.2) is 67.5 Å². The van der Waals surface area contributed by atoms with Crippen LogP contribution in [-0.4, -0.2) is 45.3 Å². The number of nitrogens with one attached hydrogen (secondary N) is 2. The predicted octanol–water partition coefficient (Wildman–Crippen LogP) is 2.78. The summed E-state index contributed by atoms with van der Waals surface area (Å²) in [6.45, 7) is 0. The van der Waals surface area contributed by atoms with Gasteiger partial charge < -0.3 is 0 Å². The monoisotopic (exact) mass is 367 g/mol. The molecule has 0 unspecified atom stereocenters. The van der Waals surface area contributed by atoms with Crippen molar-refractivity contribution in [2.75, 3.05) is 0 Å². The first-order valence-corrected chi connectivity index (χ1v) is 8.48. The van der Waals surface area contributed by atoms with Crippen molar-refractivity contribution in [1.29, 1.82) is 0 Å². The molecular formula is C19H13N9. The number of hydrogen-bond donors (Lipinski definition) is 2. The van der Waals surface area contributed by atoms with Crippen LogP contribution in [0.3, 0.4) is 0 Å². The molecule has 9 heteroatoms. The molecule has 0 aromatic carbocycles. The lowest BCUT2D eigenvalue weighted by Crippen LogP contribution is -1.87. The highest BCUT2D eigenvalue weighted by molar-refractivity contribution is 5.67. The topological polar surface area (TPSA) is 122 Å². The van der Waals surface area contributed by atoms with Crippen LogP contribution in [0.5, 0.6) is 0 Å². The van der Waals surface area contributed by atoms with E-state index in [0.29, 0.717) is 23.3 Å². The SMILES string of the molecule is c1cc(-c2nc(-c3cncc(-c4n[nH]c(-c5ccncc5)n4)c3)n[nH]2)ccn1. The molecule has 0 radical (unpaired) electrons. The zero-order chi connectivity index (χ0) is 18.8. The van der Waals surface area contributed by atoms with Crippen molar-refractivity contribution in [3.63, 3.8) is 0 Å². The summed E-state index contributed by atoms with van der Waals surface area (Å²) in [6, 6.07) is 9.38. The summed E-state index contributed by atoms with van der Waals surface area (Å²) in [5, 5.41) is 14.5. The van der Waals surface area contributed by atoms with Gasteiger partial charge in [0.25, 0.3) is 0 Å². The van der Waals surface area contributed by atoms with Gasteiger partial charge in [-0.15, -0.1) is 0 Å². The van der Waals surface area contributed by atoms with Crippen molar-refractivity contribution in [2.45, 2.75) is 0 Å². The van der Waals surface area contributed by atoms with Crippen LogP contribution in [-0.2, 0) is 0 Å². The molecule has 0 aliphatic heterocycles. The van der Waals surface area contributed by atoms with E-state index >= 15 is 0 Å². The van der Waals surface area contributed by atoms with Gasteiger partial charge in [-0.1, -0.05) is 0 Å². The molecule has 28 heavy (non-hydrogen) atoms. The molecule has 0 amide bonds. The van der Waals surface area contributed by atoms with E-state index in [2.05, 4.69) is 45.3 Å². The van der Waals surface area contributed by atoms with Gasteiger partial charge in [0.2, 0.25) is 0 Å². The fraction of sp³-hybridized carbons (Fsp3) is 0. The predicted molar refractivity (Wildman–Crippen MR) is 101 cm³/mol. The quantitative estimate of drug-likeness (QED) is 0.501. The zero-order valence-electron chi connectivity index (χ0n) is 14.5. The summed E-state index contributed by atoms with van der Waals surface area (Å²) in [5.41, 5.74) is 3.36. The molecule has 0 saturated heterocycles. The molecule has 2 N–H and O–H groups in total. The molecular weight excluding hydrogens is 354 g/mol. The highest BCUT2D eigenvalue weighted by Gasteiger charge is 2.12. The lowest BCUT2D eigenvalue weighted by Gasteiger charge is -1.98. The molecule has 134 valence electrons. The van der Waals surface area contributed by atoms with E-state index in [1.807, 2.05) is 30.3 Å². The molecule has 0 aliphatic carbocycles. The molecule has 0 saturated carbocycles. The molecule has 0 spiro atoms. The third-order valence-corrected chi connectivity index (χ3v) is 4.13. The van der Waals surface area contributed by atoms with Crippen LogP contribution in [0.25, 0.3) is 45.6 Å². The Morgan fingerprint density at radius 1 is 0.536 bits per heavy atom. The largest absolute Gasteiger partial charge is 0.265 e. The molecule has 9 nitrogen and oxygen atoms in total. The van der Waals surface area contributed by atoms with Crippen LogP contribution < -0.4 is 0 Å². The van der Waals surface area contributed by atoms with E-state index in [1.54, 1.807) is 37.2 Å². The van der Waals surface area contributed by atoms with E-state index in [-0.39, 0.29) is 0 Å². The minimum Gasteiger partial charge on any atom is -0.265 e. The van der Waals surface area contributed by atoms with Gasteiger partial charge in [-0.05, 0) is 30.3 Å². The zero-order valence-corrected chi connectivity index (χ0v) is 14.5. The average Bonchev–Trinajstić information content (AvgIpc) is 3.46.